The molecule has 19 heavy (non-hydrogen) atoms. The van der Waals surface area contributed by atoms with Crippen molar-refractivity contribution < 1.29 is 14.3 Å². The summed E-state index contributed by atoms with van der Waals surface area (Å²) < 4.78 is 10.3. The average Bonchev–Trinajstić information content (AvgIpc) is 2.43. The second-order valence-corrected chi connectivity index (χ2v) is 3.98. The lowest BCUT2D eigenvalue weighted by Gasteiger charge is -2.11. The van der Waals surface area contributed by atoms with Gasteiger partial charge in [0.2, 0.25) is 0 Å². The van der Waals surface area contributed by atoms with Crippen LogP contribution < -0.4 is 10.5 Å². The Bertz CT molecular complexity index is 597. The number of hydrogen-bond donors (Lipinski definition) is 1. The van der Waals surface area contributed by atoms with E-state index in [1.165, 1.54) is 7.11 Å². The summed E-state index contributed by atoms with van der Waals surface area (Å²) >= 11 is 0. The molecule has 1 aromatic heterocycles. The van der Waals surface area contributed by atoms with Crippen molar-refractivity contribution in [2.75, 3.05) is 12.8 Å². The highest BCUT2D eigenvalue weighted by atomic mass is 16.5. The first-order valence-corrected chi connectivity index (χ1v) is 5.68. The number of nitrogens with two attached hydrogens (primary N) is 1. The number of methoxy groups -OCH3 is 1. The molecule has 2 rings (SSSR count). The van der Waals surface area contributed by atoms with Gasteiger partial charge in [0, 0.05) is 11.9 Å². The summed E-state index contributed by atoms with van der Waals surface area (Å²) in [6, 6.07) is 6.85. The van der Waals surface area contributed by atoms with Crippen molar-refractivity contribution in [3.8, 4) is 11.5 Å². The number of carbonyl (C=O) groups is 1. The number of nitrogens with zero attached hydrogens (tertiary/aromatic N) is 1. The maximum absolute atomic E-state index is 11.6. The van der Waals surface area contributed by atoms with Gasteiger partial charge >= 0.3 is 5.97 Å². The Kier molecular flexibility index (Phi) is 3.66. The zero-order valence-electron chi connectivity index (χ0n) is 10.7. The number of ether oxygens (including phenoxy) is 2. The van der Waals surface area contributed by atoms with E-state index in [0.717, 1.165) is 5.56 Å². The number of carbonyl (C=O) groups excluding carboxylic acids is 1. The molecular weight excluding hydrogens is 244 g/mol. The van der Waals surface area contributed by atoms with E-state index in [1.54, 1.807) is 43.6 Å². The molecule has 1 heterocycles. The Hall–Kier alpha value is -2.56. The molecule has 98 valence electrons. The molecule has 0 amide bonds. The molecular formula is C14H14N2O3. The van der Waals surface area contributed by atoms with Crippen molar-refractivity contribution in [2.24, 2.45) is 0 Å². The molecule has 2 N–H and O–H groups in total. The fourth-order valence-corrected chi connectivity index (χ4v) is 1.65. The monoisotopic (exact) mass is 258 g/mol. The van der Waals surface area contributed by atoms with E-state index in [2.05, 4.69) is 4.98 Å². The van der Waals surface area contributed by atoms with Gasteiger partial charge in [0.1, 0.15) is 11.5 Å². The van der Waals surface area contributed by atoms with Crippen LogP contribution in [0.4, 0.5) is 5.69 Å². The van der Waals surface area contributed by atoms with Crippen molar-refractivity contribution in [2.45, 2.75) is 6.92 Å². The Morgan fingerprint density at radius 2 is 2.11 bits per heavy atom. The van der Waals surface area contributed by atoms with Crippen LogP contribution in [-0.4, -0.2) is 18.1 Å². The molecule has 5 nitrogen and oxygen atoms in total. The van der Waals surface area contributed by atoms with Crippen LogP contribution in [0.2, 0.25) is 0 Å². The van der Waals surface area contributed by atoms with Crippen molar-refractivity contribution in [1.29, 1.82) is 0 Å². The maximum atomic E-state index is 11.6. The SMILES string of the molecule is COC(=O)c1cc(Oc2cccnc2)cc(C)c1N. The molecule has 0 fully saturated rings. The molecule has 5 heteroatoms. The van der Waals surface area contributed by atoms with Gasteiger partial charge in [0.15, 0.2) is 0 Å². The third kappa shape index (κ3) is 2.82. The van der Waals surface area contributed by atoms with Gasteiger partial charge in [-0.2, -0.15) is 0 Å². The fraction of sp³-hybridized carbons (Fsp3) is 0.143. The number of rotatable bonds is 3. The zero-order chi connectivity index (χ0) is 13.8. The lowest BCUT2D eigenvalue weighted by molar-refractivity contribution is 0.0601. The Morgan fingerprint density at radius 1 is 1.32 bits per heavy atom. The molecule has 0 spiro atoms. The van der Waals surface area contributed by atoms with Crippen LogP contribution in [0.3, 0.4) is 0 Å². The number of benzene rings is 1. The first kappa shape index (κ1) is 12.9. The fourth-order valence-electron chi connectivity index (χ4n) is 1.65. The van der Waals surface area contributed by atoms with E-state index in [-0.39, 0.29) is 0 Å². The van der Waals surface area contributed by atoms with Gasteiger partial charge in [-0.3, -0.25) is 4.98 Å². The number of anilines is 1. The second-order valence-electron chi connectivity index (χ2n) is 3.98. The summed E-state index contributed by atoms with van der Waals surface area (Å²) in [5, 5.41) is 0. The molecule has 0 aliphatic rings. The van der Waals surface area contributed by atoms with E-state index in [1.807, 2.05) is 0 Å². The van der Waals surface area contributed by atoms with E-state index < -0.39 is 5.97 Å². The quantitative estimate of drug-likeness (QED) is 0.676. The zero-order valence-corrected chi connectivity index (χ0v) is 10.7. The molecule has 0 saturated heterocycles. The molecule has 0 aliphatic carbocycles. The lowest BCUT2D eigenvalue weighted by atomic mass is 10.1. The topological polar surface area (TPSA) is 74.4 Å². The summed E-state index contributed by atoms with van der Waals surface area (Å²) in [6.07, 6.45) is 3.24. The number of pyridine rings is 1. The predicted octanol–water partition coefficient (Wildman–Crippen LogP) is 2.55. The van der Waals surface area contributed by atoms with Crippen LogP contribution in [0.5, 0.6) is 11.5 Å². The summed E-state index contributed by atoms with van der Waals surface area (Å²) in [5.74, 6) is 0.611. The molecule has 0 radical (unpaired) electrons. The third-order valence-electron chi connectivity index (χ3n) is 2.64. The van der Waals surface area contributed by atoms with Gasteiger partial charge in [-0.05, 0) is 36.8 Å². The Balaban J connectivity index is 2.37. The number of hydrogen-bond acceptors (Lipinski definition) is 5. The van der Waals surface area contributed by atoms with Gasteiger partial charge < -0.3 is 15.2 Å². The van der Waals surface area contributed by atoms with E-state index >= 15 is 0 Å². The normalized spacial score (nSPS) is 10.0. The summed E-state index contributed by atoms with van der Waals surface area (Å²) in [6.45, 7) is 1.80. The van der Waals surface area contributed by atoms with Crippen LogP contribution in [-0.2, 0) is 4.74 Å². The first-order valence-electron chi connectivity index (χ1n) is 5.68. The highest BCUT2D eigenvalue weighted by Crippen LogP contribution is 2.28. The van der Waals surface area contributed by atoms with E-state index in [9.17, 15) is 4.79 Å². The summed E-state index contributed by atoms with van der Waals surface area (Å²) in [7, 11) is 1.31. The van der Waals surface area contributed by atoms with Gasteiger partial charge in [-0.15, -0.1) is 0 Å². The highest BCUT2D eigenvalue weighted by molar-refractivity contribution is 5.96. The minimum absolute atomic E-state index is 0.293. The minimum Gasteiger partial charge on any atom is -0.465 e. The molecule has 0 atom stereocenters. The minimum atomic E-state index is -0.489. The number of aromatic nitrogens is 1. The van der Waals surface area contributed by atoms with Crippen molar-refractivity contribution in [3.05, 3.63) is 47.8 Å². The van der Waals surface area contributed by atoms with Crippen molar-refractivity contribution in [1.82, 2.24) is 4.98 Å². The largest absolute Gasteiger partial charge is 0.465 e. The van der Waals surface area contributed by atoms with Crippen molar-refractivity contribution >= 4 is 11.7 Å². The lowest BCUT2D eigenvalue weighted by Crippen LogP contribution is -2.07. The highest BCUT2D eigenvalue weighted by Gasteiger charge is 2.14. The smallest absolute Gasteiger partial charge is 0.340 e. The predicted molar refractivity (Wildman–Crippen MR) is 71.2 cm³/mol. The maximum Gasteiger partial charge on any atom is 0.340 e. The van der Waals surface area contributed by atoms with Crippen LogP contribution in [0.1, 0.15) is 15.9 Å². The molecule has 0 unspecified atom stereocenters. The molecule has 0 saturated carbocycles. The summed E-state index contributed by atoms with van der Waals surface area (Å²) in [5.41, 5.74) is 7.29. The van der Waals surface area contributed by atoms with Crippen LogP contribution in [0.15, 0.2) is 36.7 Å². The number of nitrogen functional groups attached to an aromatic ring is 1. The van der Waals surface area contributed by atoms with Gasteiger partial charge in [-0.25, -0.2) is 4.79 Å². The van der Waals surface area contributed by atoms with Crippen LogP contribution in [0, 0.1) is 6.92 Å². The standard InChI is InChI=1S/C14H14N2O3/c1-9-6-11(19-10-4-3-5-16-8-10)7-12(13(9)15)14(17)18-2/h3-8H,15H2,1-2H3. The third-order valence-corrected chi connectivity index (χ3v) is 2.64. The average molecular weight is 258 g/mol. The number of esters is 1. The number of aryl methyl sites for hydroxylation is 1. The molecule has 0 aliphatic heterocycles. The van der Waals surface area contributed by atoms with E-state index in [4.69, 9.17) is 15.2 Å². The van der Waals surface area contributed by atoms with Gasteiger partial charge in [0.05, 0.1) is 18.9 Å². The summed E-state index contributed by atoms with van der Waals surface area (Å²) in [4.78, 5) is 15.6. The van der Waals surface area contributed by atoms with E-state index in [0.29, 0.717) is 22.7 Å². The van der Waals surface area contributed by atoms with Crippen molar-refractivity contribution in [3.63, 3.8) is 0 Å². The van der Waals surface area contributed by atoms with Crippen LogP contribution in [0.25, 0.3) is 0 Å². The molecule has 0 bridgehead atoms. The molecule has 1 aromatic carbocycles. The van der Waals surface area contributed by atoms with Gasteiger partial charge in [0.25, 0.3) is 0 Å². The Morgan fingerprint density at radius 3 is 2.74 bits per heavy atom. The second kappa shape index (κ2) is 5.39. The first-order chi connectivity index (χ1) is 9.11. The van der Waals surface area contributed by atoms with Gasteiger partial charge in [-0.1, -0.05) is 0 Å². The molecule has 2 aromatic rings. The Labute approximate surface area is 111 Å². The van der Waals surface area contributed by atoms with Crippen LogP contribution >= 0.6 is 0 Å².